The summed E-state index contributed by atoms with van der Waals surface area (Å²) in [4.78, 5) is 15.1. The molecular formula is C11H8ClF2NO2S. The highest BCUT2D eigenvalue weighted by molar-refractivity contribution is 7.18. The van der Waals surface area contributed by atoms with E-state index in [1.165, 1.54) is 24.6 Å². The van der Waals surface area contributed by atoms with E-state index in [9.17, 15) is 13.6 Å². The van der Waals surface area contributed by atoms with E-state index < -0.39 is 17.5 Å². The van der Waals surface area contributed by atoms with Crippen LogP contribution in [0.15, 0.2) is 17.6 Å². The molecule has 0 unspecified atom stereocenters. The number of hydrogen-bond donors (Lipinski definition) is 0. The van der Waals surface area contributed by atoms with Crippen LogP contribution < -0.4 is 0 Å². The maximum atomic E-state index is 13.9. The largest absolute Gasteiger partial charge is 0.461 e. The zero-order chi connectivity index (χ0) is 13.3. The standard InChI is InChI=1S/C11H8ClF2NO2S/c1-2-17-10(16)11(13,14)6-5-18-9-7(12)3-4-15-8(6)9/h3-5H,2H2,1H3. The third-order valence-electron chi connectivity index (χ3n) is 2.28. The number of esters is 1. The van der Waals surface area contributed by atoms with Gasteiger partial charge >= 0.3 is 11.9 Å². The number of nitrogens with zero attached hydrogens (tertiary/aromatic N) is 1. The number of fused-ring (bicyclic) bond motifs is 1. The van der Waals surface area contributed by atoms with Gasteiger partial charge in [-0.1, -0.05) is 11.6 Å². The van der Waals surface area contributed by atoms with Gasteiger partial charge in [0.05, 0.1) is 27.4 Å². The molecule has 0 radical (unpaired) electrons. The van der Waals surface area contributed by atoms with Crippen LogP contribution in [0.25, 0.3) is 10.2 Å². The Morgan fingerprint density at radius 3 is 3.00 bits per heavy atom. The summed E-state index contributed by atoms with van der Waals surface area (Å²) in [6.07, 6.45) is 1.32. The molecule has 0 aliphatic heterocycles. The van der Waals surface area contributed by atoms with E-state index >= 15 is 0 Å². The van der Waals surface area contributed by atoms with Gasteiger partial charge in [-0.15, -0.1) is 11.3 Å². The first kappa shape index (κ1) is 13.2. The van der Waals surface area contributed by atoms with Crippen LogP contribution >= 0.6 is 22.9 Å². The van der Waals surface area contributed by atoms with E-state index in [1.807, 2.05) is 0 Å². The SMILES string of the molecule is CCOC(=O)C(F)(F)c1csc2c(Cl)ccnc12. The molecule has 96 valence electrons. The molecule has 3 nitrogen and oxygen atoms in total. The highest BCUT2D eigenvalue weighted by Crippen LogP contribution is 2.39. The summed E-state index contributed by atoms with van der Waals surface area (Å²) in [6.45, 7) is 1.36. The lowest BCUT2D eigenvalue weighted by atomic mass is 10.1. The third-order valence-corrected chi connectivity index (χ3v) is 3.71. The number of alkyl halides is 2. The lowest BCUT2D eigenvalue weighted by Crippen LogP contribution is -2.28. The summed E-state index contributed by atoms with van der Waals surface area (Å²) in [5.41, 5.74) is -0.436. The second-order valence-corrected chi connectivity index (χ2v) is 4.70. The Kier molecular flexibility index (Phi) is 3.49. The molecule has 0 aliphatic carbocycles. The lowest BCUT2D eigenvalue weighted by Gasteiger charge is -2.13. The second-order valence-electron chi connectivity index (χ2n) is 3.41. The summed E-state index contributed by atoms with van der Waals surface area (Å²) in [7, 11) is 0. The molecule has 0 spiro atoms. The van der Waals surface area contributed by atoms with E-state index in [0.29, 0.717) is 9.72 Å². The van der Waals surface area contributed by atoms with E-state index in [1.54, 1.807) is 0 Å². The van der Waals surface area contributed by atoms with E-state index in [-0.39, 0.29) is 12.1 Å². The smallest absolute Gasteiger partial charge is 0.382 e. The van der Waals surface area contributed by atoms with Crippen molar-refractivity contribution in [1.82, 2.24) is 4.98 Å². The van der Waals surface area contributed by atoms with Gasteiger partial charge in [-0.05, 0) is 13.0 Å². The zero-order valence-corrected chi connectivity index (χ0v) is 10.8. The molecule has 2 aromatic rings. The maximum Gasteiger partial charge on any atom is 0.382 e. The fourth-order valence-electron chi connectivity index (χ4n) is 1.46. The highest BCUT2D eigenvalue weighted by Gasteiger charge is 2.45. The highest BCUT2D eigenvalue weighted by atomic mass is 35.5. The molecular weight excluding hydrogens is 284 g/mol. The van der Waals surface area contributed by atoms with Crippen molar-refractivity contribution in [1.29, 1.82) is 0 Å². The molecule has 2 heterocycles. The molecule has 0 amide bonds. The number of halogens is 3. The summed E-state index contributed by atoms with van der Waals surface area (Å²) < 4.78 is 32.6. The average Bonchev–Trinajstić information content (AvgIpc) is 2.75. The number of ether oxygens (including phenoxy) is 1. The molecule has 2 aromatic heterocycles. The molecule has 18 heavy (non-hydrogen) atoms. The molecule has 0 aliphatic rings. The fourth-order valence-corrected chi connectivity index (χ4v) is 2.69. The van der Waals surface area contributed by atoms with Crippen molar-refractivity contribution >= 4 is 39.1 Å². The predicted molar refractivity (Wildman–Crippen MR) is 65.2 cm³/mol. The number of hydrogen-bond acceptors (Lipinski definition) is 4. The van der Waals surface area contributed by atoms with Gasteiger partial charge in [0.1, 0.15) is 0 Å². The van der Waals surface area contributed by atoms with Gasteiger partial charge in [-0.25, -0.2) is 4.79 Å². The minimum absolute atomic E-state index is 0.0329. The molecule has 0 aromatic carbocycles. The van der Waals surface area contributed by atoms with Crippen LogP contribution in [0.5, 0.6) is 0 Å². The Bertz CT molecular complexity index is 600. The number of carbonyl (C=O) groups is 1. The maximum absolute atomic E-state index is 13.9. The number of rotatable bonds is 3. The Morgan fingerprint density at radius 2 is 2.33 bits per heavy atom. The van der Waals surface area contributed by atoms with Gasteiger partial charge in [0, 0.05) is 11.6 Å². The molecule has 0 saturated heterocycles. The molecule has 0 N–H and O–H groups in total. The molecule has 7 heteroatoms. The molecule has 0 saturated carbocycles. The first-order chi connectivity index (χ1) is 8.48. The van der Waals surface area contributed by atoms with Gasteiger partial charge in [-0.3, -0.25) is 4.98 Å². The lowest BCUT2D eigenvalue weighted by molar-refractivity contribution is -0.172. The summed E-state index contributed by atoms with van der Waals surface area (Å²) >= 11 is 6.89. The number of pyridine rings is 1. The number of thiophene rings is 1. The summed E-state index contributed by atoms with van der Waals surface area (Å²) in [6, 6.07) is 1.51. The van der Waals surface area contributed by atoms with E-state index in [2.05, 4.69) is 9.72 Å². The molecule has 0 atom stereocenters. The van der Waals surface area contributed by atoms with Gasteiger partial charge in [0.2, 0.25) is 0 Å². The van der Waals surface area contributed by atoms with Gasteiger partial charge in [0.25, 0.3) is 0 Å². The summed E-state index contributed by atoms with van der Waals surface area (Å²) in [5.74, 6) is -5.29. The first-order valence-corrected chi connectivity index (χ1v) is 6.31. The quantitative estimate of drug-likeness (QED) is 0.811. The van der Waals surface area contributed by atoms with Gasteiger partial charge in [0.15, 0.2) is 0 Å². The number of carbonyl (C=O) groups excluding carboxylic acids is 1. The van der Waals surface area contributed by atoms with Crippen LogP contribution in [-0.2, 0) is 15.5 Å². The normalized spacial score (nSPS) is 11.8. The molecule has 0 bridgehead atoms. The van der Waals surface area contributed by atoms with E-state index in [4.69, 9.17) is 11.6 Å². The van der Waals surface area contributed by atoms with Crippen LogP contribution in [0.2, 0.25) is 5.02 Å². The van der Waals surface area contributed by atoms with Crippen molar-refractivity contribution in [2.24, 2.45) is 0 Å². The van der Waals surface area contributed by atoms with Crippen molar-refractivity contribution in [3.05, 3.63) is 28.2 Å². The van der Waals surface area contributed by atoms with Crippen molar-refractivity contribution in [3.8, 4) is 0 Å². The Hall–Kier alpha value is -1.27. The molecule has 2 rings (SSSR count). The van der Waals surface area contributed by atoms with Gasteiger partial charge < -0.3 is 4.74 Å². The Balaban J connectivity index is 2.54. The summed E-state index contributed by atoms with van der Waals surface area (Å²) in [5, 5.41) is 1.51. The fraction of sp³-hybridized carbons (Fsp3) is 0.273. The number of aromatic nitrogens is 1. The topological polar surface area (TPSA) is 39.2 Å². The second kappa shape index (κ2) is 4.78. The van der Waals surface area contributed by atoms with Crippen LogP contribution in [0.3, 0.4) is 0 Å². The van der Waals surface area contributed by atoms with Crippen molar-refractivity contribution < 1.29 is 18.3 Å². The molecule has 0 fully saturated rings. The monoisotopic (exact) mass is 291 g/mol. The van der Waals surface area contributed by atoms with Crippen LogP contribution in [0.4, 0.5) is 8.78 Å². The first-order valence-electron chi connectivity index (χ1n) is 5.05. The van der Waals surface area contributed by atoms with Gasteiger partial charge in [-0.2, -0.15) is 8.78 Å². The van der Waals surface area contributed by atoms with Crippen LogP contribution in [0, 0.1) is 0 Å². The minimum atomic E-state index is -3.72. The predicted octanol–water partition coefficient (Wildman–Crippen LogP) is 3.60. The Labute approximate surface area is 110 Å². The third kappa shape index (κ3) is 2.06. The minimum Gasteiger partial charge on any atom is -0.461 e. The van der Waals surface area contributed by atoms with Crippen molar-refractivity contribution in [2.45, 2.75) is 12.8 Å². The average molecular weight is 292 g/mol. The van der Waals surface area contributed by atoms with E-state index in [0.717, 1.165) is 11.3 Å². The van der Waals surface area contributed by atoms with Crippen LogP contribution in [0.1, 0.15) is 12.5 Å². The van der Waals surface area contributed by atoms with Crippen molar-refractivity contribution in [2.75, 3.05) is 6.61 Å². The van der Waals surface area contributed by atoms with Crippen LogP contribution in [-0.4, -0.2) is 17.6 Å². The van der Waals surface area contributed by atoms with Crippen molar-refractivity contribution in [3.63, 3.8) is 0 Å². The Morgan fingerprint density at radius 1 is 1.61 bits per heavy atom. The zero-order valence-electron chi connectivity index (χ0n) is 9.25.